The fourth-order valence-electron chi connectivity index (χ4n) is 7.63. The van der Waals surface area contributed by atoms with Gasteiger partial charge in [0.1, 0.15) is 25.0 Å². The maximum absolute atomic E-state index is 12.5. The van der Waals surface area contributed by atoms with Gasteiger partial charge in [-0.2, -0.15) is 0 Å². The molecule has 2 unspecified atom stereocenters. The number of aliphatic hydroxyl groups excluding tert-OH is 1. The Balaban J connectivity index is 1.46. The van der Waals surface area contributed by atoms with Crippen LogP contribution in [0.1, 0.15) is 191 Å². The molecule has 2 N–H and O–H groups in total. The zero-order chi connectivity index (χ0) is 44.0. The maximum atomic E-state index is 12.5. The zero-order valence-electron chi connectivity index (χ0n) is 39.1. The number of likely N-dealkylation sites (N-methyl/N-ethyl adjacent to an activating group) is 1. The molecule has 2 atom stereocenters. The summed E-state index contributed by atoms with van der Waals surface area (Å²) in [6.45, 7) is 6.62. The SMILES string of the molecule is CCCCCCCCCCCCCCOc1ccc(C(O)C2SCC(c3ccc(OP(=O)(O)OCC[N+](C)(C)C)cc3)CS2)cc1OCCCCCCCCCCCCCC. The van der Waals surface area contributed by atoms with Gasteiger partial charge in [0.15, 0.2) is 11.5 Å². The first-order chi connectivity index (χ1) is 29.5. The van der Waals surface area contributed by atoms with E-state index in [1.54, 1.807) is 35.7 Å². The van der Waals surface area contributed by atoms with Crippen molar-refractivity contribution in [2.24, 2.45) is 0 Å². The minimum atomic E-state index is -4.20. The number of thioether (sulfide) groups is 2. The van der Waals surface area contributed by atoms with E-state index in [1.807, 2.05) is 51.5 Å². The fourth-order valence-corrected chi connectivity index (χ4v) is 11.5. The van der Waals surface area contributed by atoms with Gasteiger partial charge in [-0.1, -0.05) is 173 Å². The molecule has 350 valence electrons. The molecular formula is C50H87NO7PS2+. The highest BCUT2D eigenvalue weighted by molar-refractivity contribution is 8.17. The molecule has 8 nitrogen and oxygen atoms in total. The average Bonchev–Trinajstić information content (AvgIpc) is 3.24. The van der Waals surface area contributed by atoms with E-state index in [0.717, 1.165) is 47.0 Å². The lowest BCUT2D eigenvalue weighted by molar-refractivity contribution is -0.870. The molecule has 61 heavy (non-hydrogen) atoms. The third-order valence-corrected chi connectivity index (χ3v) is 15.7. The van der Waals surface area contributed by atoms with E-state index in [2.05, 4.69) is 13.8 Å². The van der Waals surface area contributed by atoms with Crippen molar-refractivity contribution in [2.75, 3.05) is 59.0 Å². The monoisotopic (exact) mass is 909 g/mol. The van der Waals surface area contributed by atoms with Crippen LogP contribution in [0.25, 0.3) is 0 Å². The van der Waals surface area contributed by atoms with E-state index in [-0.39, 0.29) is 11.2 Å². The third kappa shape index (κ3) is 25.0. The van der Waals surface area contributed by atoms with Gasteiger partial charge in [-0.15, -0.1) is 23.5 Å². The van der Waals surface area contributed by atoms with Gasteiger partial charge in [-0.05, 0) is 48.2 Å². The Morgan fingerprint density at radius 1 is 0.623 bits per heavy atom. The van der Waals surface area contributed by atoms with E-state index < -0.39 is 13.9 Å². The molecular weight excluding hydrogens is 822 g/mol. The standard InChI is InChI=1S/C50H86NO7PS2/c1-6-8-10-12-14-16-18-20-22-24-26-28-37-55-47-35-32-44(40-48(47)56-38-29-27-25-23-21-19-17-15-13-11-9-7-2)49(52)50-60-41-45(42-61-50)43-30-33-46(34-31-43)58-59(53,54)57-39-36-51(3,4)5/h30-35,40,45,49-50,52H,6-29,36-39,41-42H2,1-5H3/p+1. The lowest BCUT2D eigenvalue weighted by Gasteiger charge is -2.31. The third-order valence-electron chi connectivity index (χ3n) is 11.6. The summed E-state index contributed by atoms with van der Waals surface area (Å²) in [5.41, 5.74) is 2.01. The number of rotatable bonds is 37. The first kappa shape index (κ1) is 53.9. The second-order valence-corrected chi connectivity index (χ2v) is 22.4. The molecule has 0 amide bonds. The van der Waals surface area contributed by atoms with Crippen molar-refractivity contribution in [3.05, 3.63) is 53.6 Å². The number of hydrogen-bond donors (Lipinski definition) is 2. The molecule has 0 saturated carbocycles. The first-order valence-corrected chi connectivity index (χ1v) is 28.0. The van der Waals surface area contributed by atoms with Gasteiger partial charge in [-0.25, -0.2) is 4.57 Å². The summed E-state index contributed by atoms with van der Waals surface area (Å²) in [6.07, 6.45) is 30.9. The van der Waals surface area contributed by atoms with Crippen LogP contribution in [0.2, 0.25) is 0 Å². The van der Waals surface area contributed by atoms with E-state index >= 15 is 0 Å². The summed E-state index contributed by atoms with van der Waals surface area (Å²) in [4.78, 5) is 10.2. The Labute approximate surface area is 381 Å². The van der Waals surface area contributed by atoms with Crippen molar-refractivity contribution in [3.8, 4) is 17.2 Å². The molecule has 1 aliphatic heterocycles. The van der Waals surface area contributed by atoms with Gasteiger partial charge in [-0.3, -0.25) is 9.42 Å². The highest BCUT2D eigenvalue weighted by Crippen LogP contribution is 2.47. The topological polar surface area (TPSA) is 94.5 Å². The molecule has 1 aliphatic rings. The summed E-state index contributed by atoms with van der Waals surface area (Å²) in [6, 6.07) is 13.4. The number of nitrogens with zero attached hydrogens (tertiary/aromatic N) is 1. The smallest absolute Gasteiger partial charge is 0.490 e. The van der Waals surface area contributed by atoms with Crippen molar-refractivity contribution >= 4 is 31.3 Å². The van der Waals surface area contributed by atoms with Crippen LogP contribution in [0.4, 0.5) is 0 Å². The average molecular weight is 909 g/mol. The Kier molecular flexibility index (Phi) is 28.6. The largest absolute Gasteiger partial charge is 0.527 e. The quantitative estimate of drug-likeness (QED) is 0.0390. The van der Waals surface area contributed by atoms with Gasteiger partial charge in [0, 0.05) is 17.4 Å². The van der Waals surface area contributed by atoms with Gasteiger partial charge >= 0.3 is 7.82 Å². The molecule has 11 heteroatoms. The van der Waals surface area contributed by atoms with E-state index in [1.165, 1.54) is 141 Å². The molecule has 3 rings (SSSR count). The number of phosphoric acid groups is 1. The number of benzene rings is 2. The number of quaternary nitrogens is 1. The number of unbranched alkanes of at least 4 members (excludes halogenated alkanes) is 22. The summed E-state index contributed by atoms with van der Waals surface area (Å²) < 4.78 is 36.3. The predicted octanol–water partition coefficient (Wildman–Crippen LogP) is 14.7. The Hall–Kier alpha value is -1.39. The van der Waals surface area contributed by atoms with E-state index in [4.69, 9.17) is 18.5 Å². The highest BCUT2D eigenvalue weighted by atomic mass is 32.2. The van der Waals surface area contributed by atoms with Crippen LogP contribution in [-0.2, 0) is 9.09 Å². The minimum Gasteiger partial charge on any atom is -0.490 e. The van der Waals surface area contributed by atoms with Crippen molar-refractivity contribution in [1.82, 2.24) is 0 Å². The molecule has 1 heterocycles. The first-order valence-electron chi connectivity index (χ1n) is 24.4. The molecule has 2 aromatic rings. The molecule has 2 aromatic carbocycles. The van der Waals surface area contributed by atoms with Crippen LogP contribution in [0.15, 0.2) is 42.5 Å². The van der Waals surface area contributed by atoms with Crippen LogP contribution >= 0.6 is 31.3 Å². The normalized spacial score (nSPS) is 17.2. The molecule has 1 fully saturated rings. The molecule has 0 bridgehead atoms. The number of phosphoric ester groups is 1. The fraction of sp³-hybridized carbons (Fsp3) is 0.760. The molecule has 0 aromatic heterocycles. The van der Waals surface area contributed by atoms with Crippen molar-refractivity contribution in [3.63, 3.8) is 0 Å². The molecule has 0 aliphatic carbocycles. The van der Waals surface area contributed by atoms with Gasteiger partial charge in [0.25, 0.3) is 0 Å². The van der Waals surface area contributed by atoms with E-state index in [9.17, 15) is 14.6 Å². The number of ether oxygens (including phenoxy) is 2. The van der Waals surface area contributed by atoms with Crippen LogP contribution < -0.4 is 14.0 Å². The van der Waals surface area contributed by atoms with Crippen LogP contribution in [0, 0.1) is 0 Å². The second-order valence-electron chi connectivity index (χ2n) is 18.3. The molecule has 0 spiro atoms. The Bertz CT molecular complexity index is 1430. The van der Waals surface area contributed by atoms with Gasteiger partial charge in [0.2, 0.25) is 0 Å². The van der Waals surface area contributed by atoms with Crippen LogP contribution in [0.5, 0.6) is 17.2 Å². The minimum absolute atomic E-state index is 0.0000107. The lowest BCUT2D eigenvalue weighted by Crippen LogP contribution is -2.37. The van der Waals surface area contributed by atoms with Crippen LogP contribution in [0.3, 0.4) is 0 Å². The van der Waals surface area contributed by atoms with Gasteiger partial charge < -0.3 is 23.6 Å². The molecule has 0 radical (unpaired) electrons. The zero-order valence-corrected chi connectivity index (χ0v) is 41.7. The molecule has 1 saturated heterocycles. The number of aliphatic hydroxyl groups is 1. The van der Waals surface area contributed by atoms with Crippen molar-refractivity contribution in [1.29, 1.82) is 0 Å². The number of hydrogen-bond acceptors (Lipinski definition) is 8. The van der Waals surface area contributed by atoms with Crippen LogP contribution in [-0.4, -0.2) is 78.1 Å². The van der Waals surface area contributed by atoms with E-state index in [0.29, 0.717) is 35.9 Å². The Morgan fingerprint density at radius 2 is 1.07 bits per heavy atom. The highest BCUT2D eigenvalue weighted by Gasteiger charge is 2.30. The summed E-state index contributed by atoms with van der Waals surface area (Å²) in [5.74, 6) is 3.86. The van der Waals surface area contributed by atoms with Gasteiger partial charge in [0.05, 0.1) is 38.9 Å². The van der Waals surface area contributed by atoms with Crippen molar-refractivity contribution < 1.29 is 37.6 Å². The Morgan fingerprint density at radius 3 is 1.52 bits per heavy atom. The lowest BCUT2D eigenvalue weighted by atomic mass is 10.0. The second kappa shape index (κ2) is 32.3. The summed E-state index contributed by atoms with van der Waals surface area (Å²) >= 11 is 3.55. The maximum Gasteiger partial charge on any atom is 0.527 e. The summed E-state index contributed by atoms with van der Waals surface area (Å²) in [5, 5.41) is 11.6. The predicted molar refractivity (Wildman–Crippen MR) is 262 cm³/mol. The summed E-state index contributed by atoms with van der Waals surface area (Å²) in [7, 11) is 1.79. The van der Waals surface area contributed by atoms with Crippen molar-refractivity contribution in [2.45, 2.75) is 185 Å².